The van der Waals surface area contributed by atoms with Gasteiger partial charge in [0.15, 0.2) is 5.78 Å². The van der Waals surface area contributed by atoms with Crippen molar-refractivity contribution < 1.29 is 4.79 Å². The third-order valence-electron chi connectivity index (χ3n) is 3.79. The van der Waals surface area contributed by atoms with Crippen molar-refractivity contribution in [1.82, 2.24) is 0 Å². The lowest BCUT2D eigenvalue weighted by Gasteiger charge is -2.06. The van der Waals surface area contributed by atoms with Gasteiger partial charge in [-0.2, -0.15) is 0 Å². The van der Waals surface area contributed by atoms with Gasteiger partial charge in [-0.3, -0.25) is 4.79 Å². The lowest BCUT2D eigenvalue weighted by molar-refractivity contribution is 0.0995. The summed E-state index contributed by atoms with van der Waals surface area (Å²) in [5, 5.41) is 3.06. The smallest absolute Gasteiger partial charge is 0.168 e. The molecule has 1 heterocycles. The van der Waals surface area contributed by atoms with Crippen LogP contribution < -0.4 is 0 Å². The van der Waals surface area contributed by atoms with Crippen LogP contribution in [0.3, 0.4) is 0 Å². The number of ketones is 1. The molecule has 1 nitrogen and oxygen atoms in total. The van der Waals surface area contributed by atoms with Gasteiger partial charge in [-0.05, 0) is 23.1 Å². The number of carbonyl (C=O) groups excluding carboxylic acids is 1. The number of benzene rings is 2. The summed E-state index contributed by atoms with van der Waals surface area (Å²) in [6.07, 6.45) is 0.471. The third-order valence-corrected chi connectivity index (χ3v) is 4.76. The number of thiophene rings is 1. The highest BCUT2D eigenvalue weighted by Gasteiger charge is 2.12. The van der Waals surface area contributed by atoms with Gasteiger partial charge in [-0.15, -0.1) is 11.3 Å². The molecule has 0 bridgehead atoms. The van der Waals surface area contributed by atoms with E-state index in [1.54, 1.807) is 11.3 Å². The highest BCUT2D eigenvalue weighted by atomic mass is 32.1. The number of fused-ring (bicyclic) bond motifs is 1. The molecule has 0 amide bonds. The van der Waals surface area contributed by atoms with Crippen molar-refractivity contribution in [2.75, 3.05) is 0 Å². The summed E-state index contributed by atoms with van der Waals surface area (Å²) < 4.78 is 1.18. The van der Waals surface area contributed by atoms with Crippen molar-refractivity contribution in [2.45, 2.75) is 26.2 Å². The fraction of sp³-hybridized carbons (Fsp3) is 0.211. The topological polar surface area (TPSA) is 17.1 Å². The zero-order chi connectivity index (χ0) is 14.8. The average molecular weight is 294 g/mol. The molecule has 0 N–H and O–H groups in total. The van der Waals surface area contributed by atoms with Gasteiger partial charge in [0, 0.05) is 27.5 Å². The second-order valence-corrected chi connectivity index (χ2v) is 6.55. The molecule has 3 rings (SSSR count). The molecular formula is C19H18OS. The third kappa shape index (κ3) is 2.91. The molecule has 3 aromatic rings. The van der Waals surface area contributed by atoms with Crippen molar-refractivity contribution in [3.8, 4) is 0 Å². The maximum Gasteiger partial charge on any atom is 0.168 e. The quantitative estimate of drug-likeness (QED) is 0.585. The first-order valence-corrected chi connectivity index (χ1v) is 8.11. The van der Waals surface area contributed by atoms with Crippen LogP contribution in [0.2, 0.25) is 0 Å². The van der Waals surface area contributed by atoms with E-state index in [9.17, 15) is 4.79 Å². The molecule has 2 heteroatoms. The van der Waals surface area contributed by atoms with Crippen molar-refractivity contribution in [3.63, 3.8) is 0 Å². The first-order chi connectivity index (χ1) is 10.1. The molecule has 0 saturated heterocycles. The molecule has 0 atom stereocenters. The van der Waals surface area contributed by atoms with Crippen LogP contribution in [0.15, 0.2) is 53.9 Å². The largest absolute Gasteiger partial charge is 0.294 e. The van der Waals surface area contributed by atoms with Gasteiger partial charge in [0.25, 0.3) is 0 Å². The molecular weight excluding hydrogens is 276 g/mol. The van der Waals surface area contributed by atoms with Crippen molar-refractivity contribution in [3.05, 3.63) is 70.6 Å². The minimum absolute atomic E-state index is 0.199. The van der Waals surface area contributed by atoms with E-state index in [4.69, 9.17) is 0 Å². The van der Waals surface area contributed by atoms with E-state index in [1.807, 2.05) is 23.6 Å². The van der Waals surface area contributed by atoms with Gasteiger partial charge >= 0.3 is 0 Å². The van der Waals surface area contributed by atoms with Crippen LogP contribution in [0.25, 0.3) is 10.1 Å². The Kier molecular flexibility index (Phi) is 3.89. The highest BCUT2D eigenvalue weighted by Crippen LogP contribution is 2.27. The van der Waals surface area contributed by atoms with Crippen molar-refractivity contribution in [1.29, 1.82) is 0 Å². The van der Waals surface area contributed by atoms with Gasteiger partial charge < -0.3 is 0 Å². The zero-order valence-electron chi connectivity index (χ0n) is 12.3. The first kappa shape index (κ1) is 14.0. The minimum atomic E-state index is 0.199. The summed E-state index contributed by atoms with van der Waals surface area (Å²) in [7, 11) is 0. The molecule has 0 saturated carbocycles. The molecule has 0 aliphatic rings. The zero-order valence-corrected chi connectivity index (χ0v) is 13.1. The average Bonchev–Trinajstić information content (AvgIpc) is 2.92. The number of hydrogen-bond acceptors (Lipinski definition) is 2. The number of carbonyl (C=O) groups is 1. The summed E-state index contributed by atoms with van der Waals surface area (Å²) in [5.74, 6) is 0.723. The fourth-order valence-corrected chi connectivity index (χ4v) is 3.46. The summed E-state index contributed by atoms with van der Waals surface area (Å²) >= 11 is 1.64. The fourth-order valence-electron chi connectivity index (χ4n) is 2.49. The first-order valence-electron chi connectivity index (χ1n) is 7.23. The Morgan fingerprint density at radius 1 is 1.05 bits per heavy atom. The Labute approximate surface area is 129 Å². The Morgan fingerprint density at radius 2 is 1.76 bits per heavy atom. The number of Topliss-reactive ketones (excluding diaryl/α,β-unsaturated/α-hetero) is 1. The van der Waals surface area contributed by atoms with Gasteiger partial charge in [0.1, 0.15) is 0 Å². The second kappa shape index (κ2) is 5.82. The highest BCUT2D eigenvalue weighted by molar-refractivity contribution is 7.17. The molecule has 0 aliphatic carbocycles. The Morgan fingerprint density at radius 3 is 2.48 bits per heavy atom. The Bertz CT molecular complexity index is 766. The molecule has 0 fully saturated rings. The standard InChI is InChI=1S/C19H18OS/c1-13(2)15-9-7-14(8-10-15)11-18(20)17-12-21-19-6-4-3-5-16(17)19/h3-10,12-13H,11H2,1-2H3. The van der Waals surface area contributed by atoms with Crippen LogP contribution in [0.5, 0.6) is 0 Å². The molecule has 0 aliphatic heterocycles. The van der Waals surface area contributed by atoms with E-state index < -0.39 is 0 Å². The maximum absolute atomic E-state index is 12.5. The van der Waals surface area contributed by atoms with Crippen LogP contribution in [0.4, 0.5) is 0 Å². The predicted molar refractivity (Wildman–Crippen MR) is 90.4 cm³/mol. The predicted octanol–water partition coefficient (Wildman–Crippen LogP) is 5.45. The molecule has 21 heavy (non-hydrogen) atoms. The van der Waals surface area contributed by atoms with Crippen molar-refractivity contribution >= 4 is 27.2 Å². The molecule has 0 radical (unpaired) electrons. The van der Waals surface area contributed by atoms with E-state index in [0.717, 1.165) is 16.5 Å². The molecule has 0 unspecified atom stereocenters. The van der Waals surface area contributed by atoms with Crippen molar-refractivity contribution in [2.24, 2.45) is 0 Å². The van der Waals surface area contributed by atoms with E-state index in [1.165, 1.54) is 10.3 Å². The van der Waals surface area contributed by atoms with Gasteiger partial charge in [-0.25, -0.2) is 0 Å². The van der Waals surface area contributed by atoms with Crippen LogP contribution in [-0.2, 0) is 6.42 Å². The Balaban J connectivity index is 1.83. The normalized spacial score (nSPS) is 11.2. The van der Waals surface area contributed by atoms with Crippen LogP contribution in [0, 0.1) is 0 Å². The summed E-state index contributed by atoms with van der Waals surface area (Å²) in [5.41, 5.74) is 3.25. The number of hydrogen-bond donors (Lipinski definition) is 0. The second-order valence-electron chi connectivity index (χ2n) is 5.64. The summed E-state index contributed by atoms with van der Waals surface area (Å²) in [6.45, 7) is 4.36. The molecule has 2 aromatic carbocycles. The lowest BCUT2D eigenvalue weighted by Crippen LogP contribution is -2.02. The number of rotatable bonds is 4. The van der Waals surface area contributed by atoms with Crippen LogP contribution in [0.1, 0.15) is 41.3 Å². The molecule has 0 spiro atoms. The van der Waals surface area contributed by atoms with E-state index in [0.29, 0.717) is 12.3 Å². The summed E-state index contributed by atoms with van der Waals surface area (Å²) in [6, 6.07) is 16.5. The maximum atomic E-state index is 12.5. The minimum Gasteiger partial charge on any atom is -0.294 e. The van der Waals surface area contributed by atoms with E-state index in [2.05, 4.69) is 44.2 Å². The van der Waals surface area contributed by atoms with E-state index >= 15 is 0 Å². The van der Waals surface area contributed by atoms with Crippen LogP contribution >= 0.6 is 11.3 Å². The Hall–Kier alpha value is -1.93. The molecule has 1 aromatic heterocycles. The monoisotopic (exact) mass is 294 g/mol. The lowest BCUT2D eigenvalue weighted by atomic mass is 9.98. The van der Waals surface area contributed by atoms with Gasteiger partial charge in [-0.1, -0.05) is 56.3 Å². The SMILES string of the molecule is CC(C)c1ccc(CC(=O)c2csc3ccccc23)cc1. The summed E-state index contributed by atoms with van der Waals surface area (Å²) in [4.78, 5) is 12.5. The van der Waals surface area contributed by atoms with E-state index in [-0.39, 0.29) is 5.78 Å². The van der Waals surface area contributed by atoms with Crippen LogP contribution in [-0.4, -0.2) is 5.78 Å². The van der Waals surface area contributed by atoms with Gasteiger partial charge in [0.2, 0.25) is 0 Å². The molecule has 106 valence electrons. The van der Waals surface area contributed by atoms with Gasteiger partial charge in [0.05, 0.1) is 0 Å².